The zero-order chi connectivity index (χ0) is 15.6. The van der Waals surface area contributed by atoms with Crippen LogP contribution in [0.5, 0.6) is 0 Å². The number of hydrogen-bond acceptors (Lipinski definition) is 5. The first-order chi connectivity index (χ1) is 9.90. The SMILES string of the molecule is Cc1nn(C(C)C(=O)NC(C)C2CCCO2)cc1[N+](=O)[O-]. The van der Waals surface area contributed by atoms with E-state index in [2.05, 4.69) is 10.4 Å². The van der Waals surface area contributed by atoms with E-state index in [9.17, 15) is 14.9 Å². The van der Waals surface area contributed by atoms with Crippen molar-refractivity contribution in [2.45, 2.75) is 51.8 Å². The molecular formula is C13H20N4O4. The predicted octanol–water partition coefficient (Wildman–Crippen LogP) is 1.34. The van der Waals surface area contributed by atoms with Gasteiger partial charge in [0.05, 0.1) is 17.1 Å². The van der Waals surface area contributed by atoms with E-state index in [1.54, 1.807) is 13.8 Å². The molecule has 1 aliphatic rings. The molecule has 1 N–H and O–H groups in total. The van der Waals surface area contributed by atoms with Crippen LogP contribution in [0.25, 0.3) is 0 Å². The Balaban J connectivity index is 2.01. The first-order valence-corrected chi connectivity index (χ1v) is 7.02. The van der Waals surface area contributed by atoms with Crippen LogP contribution < -0.4 is 5.32 Å². The van der Waals surface area contributed by atoms with Gasteiger partial charge in [-0.25, -0.2) is 0 Å². The lowest BCUT2D eigenvalue weighted by atomic mass is 10.1. The highest BCUT2D eigenvalue weighted by Gasteiger charge is 2.27. The molecule has 2 rings (SSSR count). The summed E-state index contributed by atoms with van der Waals surface area (Å²) in [6.45, 7) is 5.84. The topological polar surface area (TPSA) is 99.3 Å². The van der Waals surface area contributed by atoms with Gasteiger partial charge >= 0.3 is 5.69 Å². The van der Waals surface area contributed by atoms with Crippen molar-refractivity contribution in [1.29, 1.82) is 0 Å². The average Bonchev–Trinajstić information content (AvgIpc) is 3.06. The number of carbonyl (C=O) groups is 1. The minimum atomic E-state index is -0.610. The Morgan fingerprint density at radius 3 is 2.86 bits per heavy atom. The van der Waals surface area contributed by atoms with Gasteiger partial charge in [0.2, 0.25) is 5.91 Å². The number of amides is 1. The maximum atomic E-state index is 12.2. The number of aromatic nitrogens is 2. The van der Waals surface area contributed by atoms with Crippen LogP contribution >= 0.6 is 0 Å². The third-order valence-corrected chi connectivity index (χ3v) is 3.76. The Morgan fingerprint density at radius 1 is 1.62 bits per heavy atom. The molecule has 3 unspecified atom stereocenters. The molecule has 2 heterocycles. The van der Waals surface area contributed by atoms with E-state index >= 15 is 0 Å². The number of nitrogens with one attached hydrogen (secondary N) is 1. The summed E-state index contributed by atoms with van der Waals surface area (Å²) in [5.41, 5.74) is 0.216. The third kappa shape index (κ3) is 3.38. The van der Waals surface area contributed by atoms with E-state index in [0.717, 1.165) is 19.4 Å². The van der Waals surface area contributed by atoms with Crippen LogP contribution in [0.3, 0.4) is 0 Å². The van der Waals surface area contributed by atoms with Gasteiger partial charge in [-0.05, 0) is 33.6 Å². The zero-order valence-electron chi connectivity index (χ0n) is 12.4. The highest BCUT2D eigenvalue weighted by Crippen LogP contribution is 2.19. The van der Waals surface area contributed by atoms with Crippen molar-refractivity contribution in [3.63, 3.8) is 0 Å². The molecule has 3 atom stereocenters. The summed E-state index contributed by atoms with van der Waals surface area (Å²) in [5.74, 6) is -0.226. The van der Waals surface area contributed by atoms with Crippen LogP contribution in [0, 0.1) is 17.0 Å². The number of aryl methyl sites for hydroxylation is 1. The van der Waals surface area contributed by atoms with E-state index in [4.69, 9.17) is 4.74 Å². The number of nitro groups is 1. The average molecular weight is 296 g/mol. The minimum Gasteiger partial charge on any atom is -0.376 e. The molecule has 8 nitrogen and oxygen atoms in total. The molecule has 0 saturated carbocycles. The van der Waals surface area contributed by atoms with Gasteiger partial charge in [-0.15, -0.1) is 0 Å². The van der Waals surface area contributed by atoms with Crippen LogP contribution in [-0.2, 0) is 9.53 Å². The second-order valence-electron chi connectivity index (χ2n) is 5.36. The summed E-state index contributed by atoms with van der Waals surface area (Å²) in [6, 6.07) is -0.699. The van der Waals surface area contributed by atoms with Crippen LogP contribution in [0.15, 0.2) is 6.20 Å². The van der Waals surface area contributed by atoms with Crippen LogP contribution in [0.1, 0.15) is 38.4 Å². The van der Waals surface area contributed by atoms with Crippen molar-refractivity contribution < 1.29 is 14.5 Å². The van der Waals surface area contributed by atoms with Gasteiger partial charge in [-0.2, -0.15) is 5.10 Å². The Bertz CT molecular complexity index is 536. The largest absolute Gasteiger partial charge is 0.376 e. The van der Waals surface area contributed by atoms with Gasteiger partial charge in [0.25, 0.3) is 0 Å². The lowest BCUT2D eigenvalue weighted by Crippen LogP contribution is -2.43. The van der Waals surface area contributed by atoms with E-state index in [-0.39, 0.29) is 23.7 Å². The molecule has 0 bridgehead atoms. The highest BCUT2D eigenvalue weighted by atomic mass is 16.6. The van der Waals surface area contributed by atoms with Gasteiger partial charge < -0.3 is 10.1 Å². The minimum absolute atomic E-state index is 0.0369. The quantitative estimate of drug-likeness (QED) is 0.653. The van der Waals surface area contributed by atoms with Crippen LogP contribution in [0.2, 0.25) is 0 Å². The van der Waals surface area contributed by atoms with E-state index in [1.165, 1.54) is 10.9 Å². The lowest BCUT2D eigenvalue weighted by Gasteiger charge is -2.22. The van der Waals surface area contributed by atoms with Gasteiger partial charge in [-0.3, -0.25) is 19.6 Å². The summed E-state index contributed by atoms with van der Waals surface area (Å²) in [7, 11) is 0. The molecule has 1 aromatic rings. The Kier molecular flexibility index (Phi) is 4.56. The van der Waals surface area contributed by atoms with Crippen molar-refractivity contribution in [1.82, 2.24) is 15.1 Å². The first-order valence-electron chi connectivity index (χ1n) is 7.02. The summed E-state index contributed by atoms with van der Waals surface area (Å²) < 4.78 is 6.85. The van der Waals surface area contributed by atoms with Crippen molar-refractivity contribution in [2.24, 2.45) is 0 Å². The predicted molar refractivity (Wildman–Crippen MR) is 74.9 cm³/mol. The summed E-state index contributed by atoms with van der Waals surface area (Å²) >= 11 is 0. The molecule has 1 amide bonds. The van der Waals surface area contributed by atoms with E-state index in [1.807, 2.05) is 6.92 Å². The molecule has 1 aliphatic heterocycles. The number of rotatable bonds is 5. The van der Waals surface area contributed by atoms with Gasteiger partial charge in [-0.1, -0.05) is 0 Å². The smallest absolute Gasteiger partial charge is 0.309 e. The molecule has 8 heteroatoms. The molecule has 116 valence electrons. The maximum Gasteiger partial charge on any atom is 0.309 e. The Morgan fingerprint density at radius 2 is 2.33 bits per heavy atom. The summed E-state index contributed by atoms with van der Waals surface area (Å²) in [6.07, 6.45) is 3.26. The highest BCUT2D eigenvalue weighted by molar-refractivity contribution is 5.80. The number of carbonyl (C=O) groups excluding carboxylic acids is 1. The van der Waals surface area contributed by atoms with E-state index < -0.39 is 11.0 Å². The number of nitrogens with zero attached hydrogens (tertiary/aromatic N) is 3. The summed E-state index contributed by atoms with van der Waals surface area (Å²) in [5, 5.41) is 17.7. The van der Waals surface area contributed by atoms with Gasteiger partial charge in [0.1, 0.15) is 17.9 Å². The Hall–Kier alpha value is -1.96. The van der Waals surface area contributed by atoms with Crippen LogP contribution in [-0.4, -0.2) is 39.4 Å². The fourth-order valence-corrected chi connectivity index (χ4v) is 2.40. The molecule has 1 saturated heterocycles. The van der Waals surface area contributed by atoms with Crippen molar-refractivity contribution in [3.8, 4) is 0 Å². The first kappa shape index (κ1) is 15.4. The normalized spacial score (nSPS) is 21.0. The second-order valence-corrected chi connectivity index (χ2v) is 5.36. The zero-order valence-corrected chi connectivity index (χ0v) is 12.4. The molecule has 0 spiro atoms. The number of hydrogen-bond donors (Lipinski definition) is 1. The summed E-state index contributed by atoms with van der Waals surface area (Å²) in [4.78, 5) is 22.5. The number of ether oxygens (including phenoxy) is 1. The molecule has 1 aromatic heterocycles. The maximum absolute atomic E-state index is 12.2. The molecule has 1 fully saturated rings. The van der Waals surface area contributed by atoms with Crippen molar-refractivity contribution in [3.05, 3.63) is 22.0 Å². The molecule has 21 heavy (non-hydrogen) atoms. The van der Waals surface area contributed by atoms with E-state index in [0.29, 0.717) is 5.69 Å². The fraction of sp³-hybridized carbons (Fsp3) is 0.692. The molecule has 0 aromatic carbocycles. The molecule has 0 radical (unpaired) electrons. The van der Waals surface area contributed by atoms with Crippen LogP contribution in [0.4, 0.5) is 5.69 Å². The fourth-order valence-electron chi connectivity index (χ4n) is 2.40. The van der Waals surface area contributed by atoms with Gasteiger partial charge in [0.15, 0.2) is 0 Å². The lowest BCUT2D eigenvalue weighted by molar-refractivity contribution is -0.385. The van der Waals surface area contributed by atoms with Crippen molar-refractivity contribution >= 4 is 11.6 Å². The second kappa shape index (κ2) is 6.21. The standard InChI is InChI=1S/C13H20N4O4/c1-8-11(17(19)20)7-16(15-8)10(3)13(18)14-9(2)12-5-4-6-21-12/h7,9-10,12H,4-6H2,1-3H3,(H,14,18). The molecular weight excluding hydrogens is 276 g/mol. The Labute approximate surface area is 122 Å². The molecule has 0 aliphatic carbocycles. The monoisotopic (exact) mass is 296 g/mol. The third-order valence-electron chi connectivity index (χ3n) is 3.76. The van der Waals surface area contributed by atoms with Gasteiger partial charge in [0, 0.05) is 6.61 Å². The van der Waals surface area contributed by atoms with Crippen molar-refractivity contribution in [2.75, 3.05) is 6.61 Å².